The van der Waals surface area contributed by atoms with E-state index in [0.29, 0.717) is 16.1 Å². The second-order valence-corrected chi connectivity index (χ2v) is 6.88. The molecule has 25 heavy (non-hydrogen) atoms. The number of amides is 1. The summed E-state index contributed by atoms with van der Waals surface area (Å²) in [4.78, 5) is 14.5. The van der Waals surface area contributed by atoms with E-state index in [1.54, 1.807) is 19.2 Å². The molecule has 4 rings (SSSR count). The number of carbonyl (C=O) groups excluding carboxylic acids is 1. The van der Waals surface area contributed by atoms with Crippen LogP contribution in [0.1, 0.15) is 27.0 Å². The van der Waals surface area contributed by atoms with Crippen molar-refractivity contribution in [2.24, 2.45) is 0 Å². The van der Waals surface area contributed by atoms with Gasteiger partial charge in [-0.1, -0.05) is 41.9 Å². The molecule has 126 valence electrons. The Balaban J connectivity index is 1.71. The van der Waals surface area contributed by atoms with Crippen molar-refractivity contribution in [3.63, 3.8) is 0 Å². The molecular formula is C21H17ClFNO. The van der Waals surface area contributed by atoms with Crippen LogP contribution in [0.4, 0.5) is 4.39 Å². The summed E-state index contributed by atoms with van der Waals surface area (Å²) >= 11 is 6.09. The molecule has 0 heterocycles. The van der Waals surface area contributed by atoms with Gasteiger partial charge < -0.3 is 4.90 Å². The third-order valence-corrected chi connectivity index (χ3v) is 5.27. The highest BCUT2D eigenvalue weighted by Crippen LogP contribution is 2.33. The van der Waals surface area contributed by atoms with Crippen LogP contribution in [0.5, 0.6) is 0 Å². The summed E-state index contributed by atoms with van der Waals surface area (Å²) in [7, 11) is 1.67. The first-order chi connectivity index (χ1) is 12.1. The van der Waals surface area contributed by atoms with E-state index in [0.717, 1.165) is 18.2 Å². The Morgan fingerprint density at radius 1 is 1.08 bits per heavy atom. The van der Waals surface area contributed by atoms with Crippen molar-refractivity contribution in [2.75, 3.05) is 7.05 Å². The molecule has 0 aliphatic heterocycles. The van der Waals surface area contributed by atoms with Gasteiger partial charge in [-0.3, -0.25) is 4.79 Å². The predicted molar refractivity (Wildman–Crippen MR) is 98.6 cm³/mol. The lowest BCUT2D eigenvalue weighted by atomic mass is 9.99. The second-order valence-electron chi connectivity index (χ2n) is 6.47. The quantitative estimate of drug-likeness (QED) is 0.648. The van der Waals surface area contributed by atoms with Gasteiger partial charge in [0.15, 0.2) is 0 Å². The predicted octanol–water partition coefficient (Wildman–Crippen LogP) is 5.00. The molecule has 1 amide bonds. The smallest absolute Gasteiger partial charge is 0.254 e. The maximum Gasteiger partial charge on any atom is 0.254 e. The molecule has 0 saturated heterocycles. The van der Waals surface area contributed by atoms with E-state index in [4.69, 9.17) is 11.6 Å². The fourth-order valence-electron chi connectivity index (χ4n) is 3.63. The zero-order valence-corrected chi connectivity index (χ0v) is 14.6. The van der Waals surface area contributed by atoms with Crippen molar-refractivity contribution in [2.45, 2.75) is 19.4 Å². The van der Waals surface area contributed by atoms with E-state index >= 15 is 0 Å². The van der Waals surface area contributed by atoms with Gasteiger partial charge in [0, 0.05) is 29.7 Å². The van der Waals surface area contributed by atoms with Crippen molar-refractivity contribution in [1.82, 2.24) is 4.90 Å². The largest absolute Gasteiger partial charge is 0.337 e. The molecule has 0 saturated carbocycles. The number of benzene rings is 3. The van der Waals surface area contributed by atoms with Gasteiger partial charge in [-0.05, 0) is 52.9 Å². The minimum Gasteiger partial charge on any atom is -0.337 e. The van der Waals surface area contributed by atoms with E-state index in [-0.39, 0.29) is 12.5 Å². The number of carbonyl (C=O) groups is 1. The molecule has 0 fully saturated rings. The Labute approximate surface area is 150 Å². The summed E-state index contributed by atoms with van der Waals surface area (Å²) in [5.74, 6) is -0.525. The molecule has 1 aliphatic carbocycles. The maximum atomic E-state index is 14.0. The molecule has 0 spiro atoms. The lowest BCUT2D eigenvalue weighted by molar-refractivity contribution is 0.0786. The number of rotatable bonds is 3. The number of hydrogen-bond acceptors (Lipinski definition) is 1. The van der Waals surface area contributed by atoms with Crippen LogP contribution in [0, 0.1) is 5.82 Å². The summed E-state index contributed by atoms with van der Waals surface area (Å²) in [6, 6.07) is 14.6. The van der Waals surface area contributed by atoms with Crippen molar-refractivity contribution >= 4 is 28.3 Å². The first-order valence-electron chi connectivity index (χ1n) is 8.28. The zero-order valence-electron chi connectivity index (χ0n) is 13.9. The number of hydrogen-bond donors (Lipinski definition) is 0. The number of halogens is 2. The van der Waals surface area contributed by atoms with Crippen LogP contribution in [-0.2, 0) is 19.4 Å². The van der Waals surface area contributed by atoms with Gasteiger partial charge in [0.25, 0.3) is 5.91 Å². The lowest BCUT2D eigenvalue weighted by Crippen LogP contribution is -2.27. The van der Waals surface area contributed by atoms with Crippen LogP contribution in [-0.4, -0.2) is 17.9 Å². The molecule has 2 nitrogen and oxygen atoms in total. The Morgan fingerprint density at radius 2 is 1.80 bits per heavy atom. The zero-order chi connectivity index (χ0) is 17.6. The molecule has 0 unspecified atom stereocenters. The Kier molecular flexibility index (Phi) is 3.97. The van der Waals surface area contributed by atoms with Crippen LogP contribution in [0.3, 0.4) is 0 Å². The minimum atomic E-state index is -0.396. The fraction of sp³-hybridized carbons (Fsp3) is 0.190. The molecule has 4 heteroatoms. The molecule has 0 radical (unpaired) electrons. The fourth-order valence-corrected chi connectivity index (χ4v) is 3.85. The molecular weight excluding hydrogens is 337 g/mol. The van der Waals surface area contributed by atoms with E-state index in [9.17, 15) is 9.18 Å². The highest BCUT2D eigenvalue weighted by Gasteiger charge is 2.21. The van der Waals surface area contributed by atoms with E-state index in [1.807, 2.05) is 24.3 Å². The summed E-state index contributed by atoms with van der Waals surface area (Å²) in [5, 5.41) is 2.51. The maximum absolute atomic E-state index is 14.0. The molecule has 3 aromatic carbocycles. The Morgan fingerprint density at radius 3 is 2.56 bits per heavy atom. The molecule has 1 aliphatic rings. The molecule has 3 aromatic rings. The Bertz CT molecular complexity index is 968. The monoisotopic (exact) mass is 353 g/mol. The molecule has 0 atom stereocenters. The van der Waals surface area contributed by atoms with Crippen LogP contribution in [0.15, 0.2) is 48.5 Å². The van der Waals surface area contributed by atoms with Crippen molar-refractivity contribution < 1.29 is 9.18 Å². The van der Waals surface area contributed by atoms with E-state index in [2.05, 4.69) is 6.07 Å². The topological polar surface area (TPSA) is 20.3 Å². The van der Waals surface area contributed by atoms with Crippen LogP contribution in [0.25, 0.3) is 10.8 Å². The second kappa shape index (κ2) is 6.16. The van der Waals surface area contributed by atoms with Gasteiger partial charge in [0.1, 0.15) is 5.82 Å². The van der Waals surface area contributed by atoms with Gasteiger partial charge >= 0.3 is 0 Å². The highest BCUT2D eigenvalue weighted by molar-refractivity contribution is 6.31. The third-order valence-electron chi connectivity index (χ3n) is 4.91. The van der Waals surface area contributed by atoms with Crippen LogP contribution >= 0.6 is 11.6 Å². The van der Waals surface area contributed by atoms with Gasteiger partial charge in [-0.2, -0.15) is 0 Å². The van der Waals surface area contributed by atoms with Crippen molar-refractivity contribution in [3.8, 4) is 0 Å². The Hall–Kier alpha value is -2.39. The number of nitrogens with zero attached hydrogens (tertiary/aromatic N) is 1. The van der Waals surface area contributed by atoms with Crippen LogP contribution in [0.2, 0.25) is 5.02 Å². The molecule has 0 N–H and O–H groups in total. The van der Waals surface area contributed by atoms with Gasteiger partial charge in [0.2, 0.25) is 0 Å². The molecule has 0 bridgehead atoms. The van der Waals surface area contributed by atoms with Gasteiger partial charge in [-0.25, -0.2) is 4.39 Å². The summed E-state index contributed by atoms with van der Waals surface area (Å²) in [6.07, 6.45) is 2.04. The average Bonchev–Trinajstić information content (AvgIpc) is 3.03. The van der Waals surface area contributed by atoms with E-state index in [1.165, 1.54) is 27.5 Å². The normalized spacial score (nSPS) is 12.6. The van der Waals surface area contributed by atoms with Crippen molar-refractivity contribution in [3.05, 3.63) is 81.6 Å². The first-order valence-corrected chi connectivity index (χ1v) is 8.66. The van der Waals surface area contributed by atoms with Crippen molar-refractivity contribution in [1.29, 1.82) is 0 Å². The molecule has 0 aromatic heterocycles. The van der Waals surface area contributed by atoms with E-state index < -0.39 is 5.82 Å². The van der Waals surface area contributed by atoms with Crippen LogP contribution < -0.4 is 0 Å². The first kappa shape index (κ1) is 16.1. The standard InChI is InChI=1S/C21H17ClFNO/c1-24(12-17-18(22)6-3-7-19(17)23)21(25)16-11-10-14-9-8-13-4-2-5-15(16)20(13)14/h2-7,10-11H,8-9,12H2,1H3. The number of aryl methyl sites for hydroxylation is 2. The van der Waals surface area contributed by atoms with Gasteiger partial charge in [-0.15, -0.1) is 0 Å². The lowest BCUT2D eigenvalue weighted by Gasteiger charge is -2.20. The summed E-state index contributed by atoms with van der Waals surface area (Å²) < 4.78 is 14.0. The third kappa shape index (κ3) is 2.69. The SMILES string of the molecule is CN(Cc1c(F)cccc1Cl)C(=O)c1ccc2c3c(cccc13)CC2. The summed E-state index contributed by atoms with van der Waals surface area (Å²) in [5.41, 5.74) is 3.58. The minimum absolute atomic E-state index is 0.130. The summed E-state index contributed by atoms with van der Waals surface area (Å²) in [6.45, 7) is 0.132. The highest BCUT2D eigenvalue weighted by atomic mass is 35.5. The van der Waals surface area contributed by atoms with Gasteiger partial charge in [0.05, 0.1) is 0 Å². The average molecular weight is 354 g/mol.